The van der Waals surface area contributed by atoms with Crippen LogP contribution in [0.15, 0.2) is 24.3 Å². The molecule has 4 nitrogen and oxygen atoms in total. The Morgan fingerprint density at radius 2 is 2.10 bits per heavy atom. The van der Waals surface area contributed by atoms with E-state index in [1.165, 1.54) is 25.0 Å². The van der Waals surface area contributed by atoms with Crippen LogP contribution in [0.5, 0.6) is 5.75 Å². The average Bonchev–Trinajstić information content (AvgIpc) is 2.94. The molecule has 2 unspecified atom stereocenters. The minimum Gasteiger partial charge on any atom is -0.497 e. The summed E-state index contributed by atoms with van der Waals surface area (Å²) in [5, 5.41) is 7.02. The number of anilines is 1. The van der Waals surface area contributed by atoms with Gasteiger partial charge in [-0.05, 0) is 49.3 Å². The zero-order valence-corrected chi connectivity index (χ0v) is 13.5. The van der Waals surface area contributed by atoms with Gasteiger partial charge < -0.3 is 15.4 Å². The number of methoxy groups -OCH3 is 1. The van der Waals surface area contributed by atoms with Gasteiger partial charge >= 0.3 is 0 Å². The summed E-state index contributed by atoms with van der Waals surface area (Å²) in [6, 6.07) is 7.86. The van der Waals surface area contributed by atoms with Crippen LogP contribution in [0.1, 0.15) is 26.2 Å². The Hall–Kier alpha value is -1.20. The molecule has 2 atom stereocenters. The molecule has 1 aromatic carbocycles. The van der Waals surface area contributed by atoms with Gasteiger partial charge in [0, 0.05) is 17.0 Å². The summed E-state index contributed by atoms with van der Waals surface area (Å²) in [6.07, 6.45) is 3.61. The molecule has 0 heterocycles. The third-order valence-electron chi connectivity index (χ3n) is 3.71. The van der Waals surface area contributed by atoms with Crippen molar-refractivity contribution < 1.29 is 9.53 Å². The zero-order valence-electron chi connectivity index (χ0n) is 12.7. The molecule has 0 bridgehead atoms. The lowest BCUT2D eigenvalue weighted by atomic mass is 10.2. The number of hydrogen-bond donors (Lipinski definition) is 2. The highest BCUT2D eigenvalue weighted by molar-refractivity contribution is 7.99. The topological polar surface area (TPSA) is 50.4 Å². The van der Waals surface area contributed by atoms with Crippen LogP contribution < -0.4 is 15.4 Å². The van der Waals surface area contributed by atoms with Crippen molar-refractivity contribution in [2.24, 2.45) is 0 Å². The van der Waals surface area contributed by atoms with E-state index < -0.39 is 0 Å². The summed E-state index contributed by atoms with van der Waals surface area (Å²) in [7, 11) is 1.63. The number of nitrogens with one attached hydrogen (secondary N) is 2. The van der Waals surface area contributed by atoms with Crippen molar-refractivity contribution in [3.05, 3.63) is 24.3 Å². The smallest absolute Gasteiger partial charge is 0.238 e. The van der Waals surface area contributed by atoms with E-state index >= 15 is 0 Å². The molecule has 1 aliphatic rings. The summed E-state index contributed by atoms with van der Waals surface area (Å²) in [5.41, 5.74) is 0.799. The third kappa shape index (κ3) is 5.25. The van der Waals surface area contributed by atoms with Crippen molar-refractivity contribution in [2.75, 3.05) is 24.7 Å². The maximum Gasteiger partial charge on any atom is 0.238 e. The second-order valence-corrected chi connectivity index (χ2v) is 6.82. The Bertz CT molecular complexity index is 450. The molecular formula is C16H24N2O2S. The van der Waals surface area contributed by atoms with Crippen LogP contribution in [0, 0.1) is 0 Å². The first kappa shape index (κ1) is 16.2. The minimum absolute atomic E-state index is 0.00626. The quantitative estimate of drug-likeness (QED) is 0.813. The van der Waals surface area contributed by atoms with E-state index in [-0.39, 0.29) is 5.91 Å². The highest BCUT2D eigenvalue weighted by atomic mass is 32.2. The molecule has 0 saturated heterocycles. The van der Waals surface area contributed by atoms with Gasteiger partial charge in [-0.25, -0.2) is 0 Å². The summed E-state index contributed by atoms with van der Waals surface area (Å²) < 4.78 is 5.09. The number of benzene rings is 1. The van der Waals surface area contributed by atoms with Crippen LogP contribution in [-0.2, 0) is 4.79 Å². The molecule has 1 fully saturated rings. The molecule has 0 aromatic heterocycles. The van der Waals surface area contributed by atoms with Gasteiger partial charge in [-0.15, -0.1) is 0 Å². The van der Waals surface area contributed by atoms with Gasteiger partial charge in [0.25, 0.3) is 0 Å². The van der Waals surface area contributed by atoms with Gasteiger partial charge in [-0.1, -0.05) is 6.92 Å². The Morgan fingerprint density at radius 1 is 1.33 bits per heavy atom. The normalized spacial score (nSPS) is 21.2. The first-order valence-electron chi connectivity index (χ1n) is 7.50. The van der Waals surface area contributed by atoms with Crippen LogP contribution >= 0.6 is 11.8 Å². The van der Waals surface area contributed by atoms with Crippen molar-refractivity contribution in [3.63, 3.8) is 0 Å². The van der Waals surface area contributed by atoms with E-state index in [1.807, 2.05) is 36.0 Å². The number of rotatable bonds is 7. The second kappa shape index (κ2) is 8.29. The Morgan fingerprint density at radius 3 is 2.76 bits per heavy atom. The molecule has 1 saturated carbocycles. The van der Waals surface area contributed by atoms with E-state index in [9.17, 15) is 4.79 Å². The molecule has 0 radical (unpaired) electrons. The third-order valence-corrected chi connectivity index (χ3v) is 4.94. The van der Waals surface area contributed by atoms with Gasteiger partial charge in [0.2, 0.25) is 5.91 Å². The van der Waals surface area contributed by atoms with Crippen LogP contribution in [0.3, 0.4) is 0 Å². The maximum absolute atomic E-state index is 11.9. The Balaban J connectivity index is 1.70. The molecule has 21 heavy (non-hydrogen) atoms. The fourth-order valence-corrected chi connectivity index (χ4v) is 3.77. The molecule has 116 valence electrons. The summed E-state index contributed by atoms with van der Waals surface area (Å²) in [6.45, 7) is 2.58. The van der Waals surface area contributed by atoms with Crippen LogP contribution in [0.2, 0.25) is 0 Å². The van der Waals surface area contributed by atoms with Crippen LogP contribution in [-0.4, -0.2) is 36.6 Å². The monoisotopic (exact) mass is 308 g/mol. The van der Waals surface area contributed by atoms with Gasteiger partial charge in [-0.2, -0.15) is 11.8 Å². The molecule has 1 amide bonds. The molecular weight excluding hydrogens is 284 g/mol. The van der Waals surface area contributed by atoms with Crippen molar-refractivity contribution in [1.29, 1.82) is 0 Å². The number of carbonyl (C=O) groups excluding carboxylic acids is 1. The van der Waals surface area contributed by atoms with Gasteiger partial charge in [0.15, 0.2) is 0 Å². The number of thioether (sulfide) groups is 1. The van der Waals surface area contributed by atoms with E-state index in [0.29, 0.717) is 12.6 Å². The minimum atomic E-state index is 0.00626. The fourth-order valence-electron chi connectivity index (χ4n) is 2.63. The molecule has 1 aromatic rings. The predicted molar refractivity (Wildman–Crippen MR) is 89.2 cm³/mol. The summed E-state index contributed by atoms with van der Waals surface area (Å²) in [5.74, 6) is 1.97. The van der Waals surface area contributed by atoms with Crippen LogP contribution in [0.4, 0.5) is 5.69 Å². The van der Waals surface area contributed by atoms with E-state index in [0.717, 1.165) is 16.7 Å². The van der Waals surface area contributed by atoms with Crippen molar-refractivity contribution in [1.82, 2.24) is 5.32 Å². The highest BCUT2D eigenvalue weighted by Crippen LogP contribution is 2.29. The lowest BCUT2D eigenvalue weighted by molar-refractivity contribution is -0.115. The lowest BCUT2D eigenvalue weighted by Gasteiger charge is -2.13. The van der Waals surface area contributed by atoms with Gasteiger partial charge in [0.05, 0.1) is 13.7 Å². The Kier molecular flexibility index (Phi) is 6.39. The summed E-state index contributed by atoms with van der Waals surface area (Å²) in [4.78, 5) is 11.9. The highest BCUT2D eigenvalue weighted by Gasteiger charge is 2.24. The van der Waals surface area contributed by atoms with Gasteiger partial charge in [0.1, 0.15) is 5.75 Å². The zero-order chi connectivity index (χ0) is 15.1. The largest absolute Gasteiger partial charge is 0.497 e. The maximum atomic E-state index is 11.9. The molecule has 0 spiro atoms. The van der Waals surface area contributed by atoms with Crippen molar-refractivity contribution in [3.8, 4) is 5.75 Å². The lowest BCUT2D eigenvalue weighted by Crippen LogP contribution is -2.34. The standard InChI is InChI=1S/C16H24N2O2S/c1-3-21-15-9-6-13(10-15)17-11-16(19)18-12-4-7-14(20-2)8-5-12/h4-5,7-8,13,15,17H,3,6,9-11H2,1-2H3,(H,18,19). The summed E-state index contributed by atoms with van der Waals surface area (Å²) >= 11 is 2.03. The molecule has 2 rings (SSSR count). The van der Waals surface area contributed by atoms with E-state index in [2.05, 4.69) is 17.6 Å². The predicted octanol–water partition coefficient (Wildman–Crippen LogP) is 2.90. The van der Waals surface area contributed by atoms with Crippen molar-refractivity contribution in [2.45, 2.75) is 37.5 Å². The van der Waals surface area contributed by atoms with Crippen molar-refractivity contribution >= 4 is 23.4 Å². The second-order valence-electron chi connectivity index (χ2n) is 5.24. The first-order valence-corrected chi connectivity index (χ1v) is 8.55. The number of amides is 1. The molecule has 0 aliphatic heterocycles. The fraction of sp³-hybridized carbons (Fsp3) is 0.562. The number of hydrogen-bond acceptors (Lipinski definition) is 4. The first-order chi connectivity index (χ1) is 10.2. The molecule has 2 N–H and O–H groups in total. The molecule has 5 heteroatoms. The van der Waals surface area contributed by atoms with Crippen LogP contribution in [0.25, 0.3) is 0 Å². The number of ether oxygens (including phenoxy) is 1. The van der Waals surface area contributed by atoms with E-state index in [4.69, 9.17) is 4.74 Å². The van der Waals surface area contributed by atoms with Gasteiger partial charge in [-0.3, -0.25) is 4.79 Å². The van der Waals surface area contributed by atoms with E-state index in [1.54, 1.807) is 7.11 Å². The number of carbonyl (C=O) groups is 1. The Labute approximate surface area is 131 Å². The SMILES string of the molecule is CCSC1CCC(NCC(=O)Nc2ccc(OC)cc2)C1. The average molecular weight is 308 g/mol. The molecule has 1 aliphatic carbocycles.